The number of aromatic carboxylic acids is 1. The second-order valence-electron chi connectivity index (χ2n) is 5.75. The zero-order valence-corrected chi connectivity index (χ0v) is 15.5. The molecule has 1 aromatic carbocycles. The van der Waals surface area contributed by atoms with E-state index in [0.717, 1.165) is 0 Å². The van der Waals surface area contributed by atoms with Crippen LogP contribution in [0.15, 0.2) is 28.4 Å². The number of H-pyrrole nitrogens is 1. The molecule has 0 amide bonds. The third kappa shape index (κ3) is 5.68. The van der Waals surface area contributed by atoms with Crippen LogP contribution in [0.2, 0.25) is 0 Å². The van der Waals surface area contributed by atoms with Gasteiger partial charge in [0.2, 0.25) is 5.95 Å². The van der Waals surface area contributed by atoms with Crippen molar-refractivity contribution in [2.24, 2.45) is 0 Å². The lowest BCUT2D eigenvalue weighted by molar-refractivity contribution is 0.0696. The molecule has 1 heterocycles. The Balaban J connectivity index is 2.02. The van der Waals surface area contributed by atoms with E-state index in [1.54, 1.807) is 12.1 Å². The highest BCUT2D eigenvalue weighted by Crippen LogP contribution is 2.18. The lowest BCUT2D eigenvalue weighted by Crippen LogP contribution is -2.20. The summed E-state index contributed by atoms with van der Waals surface area (Å²) in [6, 6.07) is 4.88. The Morgan fingerprint density at radius 2 is 2.15 bits per heavy atom. The SMILES string of the molecule is CS(=O)/C=C/c1ccc(NCCCc2c(N)nc(N)[nH]c2=O)cc1C(=O)O. The largest absolute Gasteiger partial charge is 0.478 e. The minimum Gasteiger partial charge on any atom is -0.478 e. The zero-order valence-electron chi connectivity index (χ0n) is 14.7. The van der Waals surface area contributed by atoms with Gasteiger partial charge >= 0.3 is 5.97 Å². The molecule has 0 aliphatic carbocycles. The summed E-state index contributed by atoms with van der Waals surface area (Å²) in [6.45, 7) is 0.497. The van der Waals surface area contributed by atoms with Gasteiger partial charge in [0.1, 0.15) is 5.82 Å². The van der Waals surface area contributed by atoms with Crippen molar-refractivity contribution in [2.45, 2.75) is 12.8 Å². The number of anilines is 3. The molecule has 10 heteroatoms. The summed E-state index contributed by atoms with van der Waals surface area (Å²) in [5, 5.41) is 13.9. The molecule has 0 bridgehead atoms. The van der Waals surface area contributed by atoms with Crippen molar-refractivity contribution in [1.82, 2.24) is 9.97 Å². The molecule has 1 aromatic heterocycles. The van der Waals surface area contributed by atoms with Gasteiger partial charge in [0.15, 0.2) is 0 Å². The van der Waals surface area contributed by atoms with E-state index in [9.17, 15) is 18.9 Å². The van der Waals surface area contributed by atoms with Gasteiger partial charge in [0.05, 0.1) is 11.1 Å². The van der Waals surface area contributed by atoms with Crippen LogP contribution in [0.25, 0.3) is 6.08 Å². The number of carboxylic acid groups (broad SMARTS) is 1. The van der Waals surface area contributed by atoms with E-state index in [1.807, 2.05) is 0 Å². The maximum Gasteiger partial charge on any atom is 0.336 e. The van der Waals surface area contributed by atoms with Crippen molar-refractivity contribution < 1.29 is 14.1 Å². The monoisotopic (exact) mass is 391 g/mol. The molecule has 27 heavy (non-hydrogen) atoms. The molecule has 1 atom stereocenters. The van der Waals surface area contributed by atoms with Crippen molar-refractivity contribution in [1.29, 1.82) is 0 Å². The van der Waals surface area contributed by atoms with Crippen molar-refractivity contribution >= 4 is 40.3 Å². The Hall–Kier alpha value is -3.14. The summed E-state index contributed by atoms with van der Waals surface area (Å²) in [6.07, 6.45) is 4.00. The lowest BCUT2D eigenvalue weighted by atomic mass is 10.1. The summed E-state index contributed by atoms with van der Waals surface area (Å²) < 4.78 is 11.1. The van der Waals surface area contributed by atoms with Gasteiger partial charge in [-0.3, -0.25) is 14.0 Å². The van der Waals surface area contributed by atoms with Crippen LogP contribution in [0.4, 0.5) is 17.5 Å². The molecule has 9 nitrogen and oxygen atoms in total. The fourth-order valence-electron chi connectivity index (χ4n) is 2.44. The normalized spacial score (nSPS) is 12.2. The van der Waals surface area contributed by atoms with Crippen LogP contribution >= 0.6 is 0 Å². The van der Waals surface area contributed by atoms with Crippen molar-refractivity contribution in [2.75, 3.05) is 29.6 Å². The van der Waals surface area contributed by atoms with Crippen LogP contribution in [0.5, 0.6) is 0 Å². The van der Waals surface area contributed by atoms with Crippen LogP contribution in [0, 0.1) is 0 Å². The summed E-state index contributed by atoms with van der Waals surface area (Å²) in [5.41, 5.74) is 12.3. The zero-order chi connectivity index (χ0) is 20.0. The van der Waals surface area contributed by atoms with Crippen LogP contribution in [0.1, 0.15) is 27.9 Å². The Kier molecular flexibility index (Phi) is 6.72. The number of nitrogen functional groups attached to an aromatic ring is 2. The first-order chi connectivity index (χ1) is 12.8. The number of hydrogen-bond donors (Lipinski definition) is 5. The number of rotatable bonds is 8. The van der Waals surface area contributed by atoms with Crippen LogP contribution in [0.3, 0.4) is 0 Å². The number of carboxylic acids is 1. The molecular weight excluding hydrogens is 370 g/mol. The molecule has 0 fully saturated rings. The van der Waals surface area contributed by atoms with Crippen molar-refractivity contribution in [3.63, 3.8) is 0 Å². The maximum absolute atomic E-state index is 11.8. The topological polar surface area (TPSA) is 164 Å². The highest BCUT2D eigenvalue weighted by Gasteiger charge is 2.10. The maximum atomic E-state index is 11.8. The first-order valence-corrected chi connectivity index (χ1v) is 9.66. The molecule has 0 saturated heterocycles. The molecule has 0 saturated carbocycles. The summed E-state index contributed by atoms with van der Waals surface area (Å²) in [5.74, 6) is -0.997. The van der Waals surface area contributed by atoms with E-state index < -0.39 is 16.8 Å². The Bertz CT molecular complexity index is 955. The van der Waals surface area contributed by atoms with E-state index >= 15 is 0 Å². The number of hydrogen-bond acceptors (Lipinski definition) is 7. The van der Waals surface area contributed by atoms with Gasteiger partial charge in [-0.15, -0.1) is 0 Å². The number of nitrogens with two attached hydrogens (primary N) is 2. The molecular formula is C17H21N5O4S. The van der Waals surface area contributed by atoms with Crippen LogP contribution < -0.4 is 22.3 Å². The summed E-state index contributed by atoms with van der Waals surface area (Å²) in [4.78, 5) is 29.5. The van der Waals surface area contributed by atoms with Gasteiger partial charge in [0.25, 0.3) is 5.56 Å². The number of benzene rings is 1. The smallest absolute Gasteiger partial charge is 0.336 e. The van der Waals surface area contributed by atoms with Gasteiger partial charge in [-0.1, -0.05) is 6.07 Å². The third-order valence-corrected chi connectivity index (χ3v) is 4.24. The number of nitrogens with zero attached hydrogens (tertiary/aromatic N) is 1. The molecule has 0 aliphatic rings. The van der Waals surface area contributed by atoms with Gasteiger partial charge in [-0.25, -0.2) is 4.79 Å². The second kappa shape index (κ2) is 8.99. The molecule has 2 rings (SSSR count). The van der Waals surface area contributed by atoms with E-state index in [4.69, 9.17) is 11.5 Å². The van der Waals surface area contributed by atoms with Crippen molar-refractivity contribution in [3.05, 3.63) is 50.7 Å². The van der Waals surface area contributed by atoms with Crippen molar-refractivity contribution in [3.8, 4) is 0 Å². The lowest BCUT2D eigenvalue weighted by Gasteiger charge is -2.10. The molecule has 2 aromatic rings. The average molecular weight is 391 g/mol. The highest BCUT2D eigenvalue weighted by atomic mass is 32.2. The van der Waals surface area contributed by atoms with Crippen LogP contribution in [-0.2, 0) is 17.2 Å². The number of aromatic nitrogens is 2. The fraction of sp³-hybridized carbons (Fsp3) is 0.235. The van der Waals surface area contributed by atoms with Gasteiger partial charge in [-0.2, -0.15) is 4.98 Å². The predicted octanol–water partition coefficient (Wildman–Crippen LogP) is 1.03. The van der Waals surface area contributed by atoms with Gasteiger partial charge < -0.3 is 21.9 Å². The number of carbonyl (C=O) groups is 1. The summed E-state index contributed by atoms with van der Waals surface area (Å²) in [7, 11) is -1.16. The quantitative estimate of drug-likeness (QED) is 0.416. The molecule has 0 aliphatic heterocycles. The predicted molar refractivity (Wildman–Crippen MR) is 107 cm³/mol. The average Bonchev–Trinajstić information content (AvgIpc) is 2.58. The van der Waals surface area contributed by atoms with E-state index in [1.165, 1.54) is 23.8 Å². The Morgan fingerprint density at radius 3 is 2.78 bits per heavy atom. The Morgan fingerprint density at radius 1 is 1.41 bits per heavy atom. The van der Waals surface area contributed by atoms with Gasteiger partial charge in [0, 0.05) is 34.7 Å². The molecule has 0 radical (unpaired) electrons. The van der Waals surface area contributed by atoms with Crippen LogP contribution in [-0.4, -0.2) is 38.1 Å². The minimum absolute atomic E-state index is 0.0263. The van der Waals surface area contributed by atoms with Gasteiger partial charge in [-0.05, 0) is 36.6 Å². The standard InChI is InChI=1S/C17H21N5O4S/c1-27(26)8-6-10-4-5-11(9-13(10)16(24)25)20-7-2-3-12-14(18)21-17(19)22-15(12)23/h4-6,8-9,20H,2-3,7H2,1H3,(H,24,25)(H5,18,19,21,22,23)/b8-6+. The molecule has 7 N–H and O–H groups in total. The molecule has 1 unspecified atom stereocenters. The number of nitrogens with one attached hydrogen (secondary N) is 2. The fourth-order valence-corrected chi connectivity index (χ4v) is 2.78. The Labute approximate surface area is 158 Å². The third-order valence-electron chi connectivity index (χ3n) is 3.72. The number of aromatic amines is 1. The molecule has 144 valence electrons. The highest BCUT2D eigenvalue weighted by molar-refractivity contribution is 7.87. The van der Waals surface area contributed by atoms with E-state index in [2.05, 4.69) is 15.3 Å². The summed E-state index contributed by atoms with van der Waals surface area (Å²) >= 11 is 0. The second-order valence-corrected chi connectivity index (χ2v) is 7.02. The minimum atomic E-state index is -1.16. The first-order valence-electron chi connectivity index (χ1n) is 8.03. The van der Waals surface area contributed by atoms with E-state index in [0.29, 0.717) is 36.2 Å². The first kappa shape index (κ1) is 20.2. The van der Waals surface area contributed by atoms with E-state index in [-0.39, 0.29) is 22.9 Å². The molecule has 0 spiro atoms.